The molecule has 1 fully saturated rings. The molecule has 0 bridgehead atoms. The molecule has 2 aromatic rings. The Morgan fingerprint density at radius 1 is 1.14 bits per heavy atom. The van der Waals surface area contributed by atoms with Crippen molar-refractivity contribution < 1.29 is 9.13 Å². The van der Waals surface area contributed by atoms with Crippen LogP contribution in [0, 0.1) is 5.82 Å². The lowest BCUT2D eigenvalue weighted by molar-refractivity contribution is 0.0512. The van der Waals surface area contributed by atoms with E-state index in [1.807, 2.05) is 12.1 Å². The fraction of sp³-hybridized carbons (Fsp3) is 0.458. The zero-order valence-electron chi connectivity index (χ0n) is 17.5. The second kappa shape index (κ2) is 10.4. The first-order valence-electron chi connectivity index (χ1n) is 10.5. The minimum Gasteiger partial charge on any atom is -0.381 e. The van der Waals surface area contributed by atoms with E-state index < -0.39 is 0 Å². The highest BCUT2D eigenvalue weighted by Gasteiger charge is 2.35. The molecule has 3 rings (SSSR count). The summed E-state index contributed by atoms with van der Waals surface area (Å²) in [6.07, 6.45) is 3.78. The van der Waals surface area contributed by atoms with Gasteiger partial charge in [-0.1, -0.05) is 42.5 Å². The molecule has 0 aliphatic carbocycles. The Morgan fingerprint density at radius 3 is 2.59 bits per heavy atom. The summed E-state index contributed by atoms with van der Waals surface area (Å²) in [6, 6.07) is 17.8. The maximum Gasteiger partial charge on any atom is 0.191 e. The molecule has 0 amide bonds. The van der Waals surface area contributed by atoms with Gasteiger partial charge >= 0.3 is 0 Å². The van der Waals surface area contributed by atoms with E-state index in [-0.39, 0.29) is 11.2 Å². The summed E-state index contributed by atoms with van der Waals surface area (Å²) in [6.45, 7) is 4.26. The monoisotopic (exact) mass is 397 g/mol. The molecule has 4 nitrogen and oxygen atoms in total. The number of aryl methyl sites for hydroxylation is 1. The third-order valence-corrected chi connectivity index (χ3v) is 5.80. The summed E-state index contributed by atoms with van der Waals surface area (Å²) in [7, 11) is 1.79. The molecule has 1 heterocycles. The molecule has 1 unspecified atom stereocenters. The summed E-state index contributed by atoms with van der Waals surface area (Å²) < 4.78 is 19.4. The lowest BCUT2D eigenvalue weighted by Crippen LogP contribution is -2.49. The Kier molecular flexibility index (Phi) is 7.64. The number of halogens is 1. The first kappa shape index (κ1) is 21.3. The number of ether oxygens (including phenoxy) is 1. The minimum atomic E-state index is -0.189. The zero-order valence-corrected chi connectivity index (χ0v) is 17.5. The average Bonchev–Trinajstić information content (AvgIpc) is 2.76. The highest BCUT2D eigenvalue weighted by molar-refractivity contribution is 5.80. The van der Waals surface area contributed by atoms with Crippen LogP contribution in [0.15, 0.2) is 59.6 Å². The highest BCUT2D eigenvalue weighted by atomic mass is 19.1. The van der Waals surface area contributed by atoms with Crippen LogP contribution >= 0.6 is 0 Å². The largest absolute Gasteiger partial charge is 0.381 e. The number of benzene rings is 2. The Morgan fingerprint density at radius 2 is 1.90 bits per heavy atom. The van der Waals surface area contributed by atoms with Crippen LogP contribution < -0.4 is 10.6 Å². The minimum absolute atomic E-state index is 0.148. The average molecular weight is 398 g/mol. The van der Waals surface area contributed by atoms with Crippen LogP contribution in [0.1, 0.15) is 37.3 Å². The van der Waals surface area contributed by atoms with Crippen LogP contribution in [-0.4, -0.2) is 38.8 Å². The summed E-state index contributed by atoms with van der Waals surface area (Å²) >= 11 is 0. The van der Waals surface area contributed by atoms with Gasteiger partial charge in [0.05, 0.1) is 0 Å². The Labute approximate surface area is 173 Å². The van der Waals surface area contributed by atoms with Gasteiger partial charge in [-0.3, -0.25) is 4.99 Å². The predicted molar refractivity (Wildman–Crippen MR) is 117 cm³/mol. The SMILES string of the molecule is CN=C(NCC1(c2cccc(F)c2)CCOCC1)NC(C)CCc1ccccc1. The number of nitrogens with zero attached hydrogens (tertiary/aromatic N) is 1. The van der Waals surface area contributed by atoms with E-state index in [9.17, 15) is 4.39 Å². The van der Waals surface area contributed by atoms with Crippen molar-refractivity contribution in [2.75, 3.05) is 26.8 Å². The molecule has 0 spiro atoms. The van der Waals surface area contributed by atoms with Gasteiger partial charge in [0.2, 0.25) is 0 Å². The van der Waals surface area contributed by atoms with Crippen LogP contribution in [0.25, 0.3) is 0 Å². The third-order valence-electron chi connectivity index (χ3n) is 5.80. The number of aliphatic imine (C=N–C) groups is 1. The third kappa shape index (κ3) is 6.04. The quantitative estimate of drug-likeness (QED) is 0.547. The van der Waals surface area contributed by atoms with E-state index in [1.54, 1.807) is 19.2 Å². The molecule has 1 saturated heterocycles. The Balaban J connectivity index is 1.58. The topological polar surface area (TPSA) is 45.7 Å². The Hall–Kier alpha value is -2.40. The standard InChI is InChI=1S/C24H32FN3O/c1-19(11-12-20-7-4-3-5-8-20)28-23(26-2)27-18-24(13-15-29-16-14-24)21-9-6-10-22(25)17-21/h3-10,17,19H,11-16,18H2,1-2H3,(H2,26,27,28). The van der Waals surface area contributed by atoms with E-state index in [0.29, 0.717) is 25.8 Å². The van der Waals surface area contributed by atoms with E-state index in [2.05, 4.69) is 46.8 Å². The summed E-state index contributed by atoms with van der Waals surface area (Å²) in [5, 5.41) is 6.98. The smallest absolute Gasteiger partial charge is 0.191 e. The number of nitrogens with one attached hydrogen (secondary N) is 2. The van der Waals surface area contributed by atoms with Crippen LogP contribution in [0.2, 0.25) is 0 Å². The highest BCUT2D eigenvalue weighted by Crippen LogP contribution is 2.34. The molecule has 0 saturated carbocycles. The molecular weight excluding hydrogens is 365 g/mol. The molecule has 156 valence electrons. The van der Waals surface area contributed by atoms with E-state index >= 15 is 0 Å². The summed E-state index contributed by atoms with van der Waals surface area (Å²) in [5.41, 5.74) is 2.22. The van der Waals surface area contributed by atoms with Crippen molar-refractivity contribution in [2.24, 2.45) is 4.99 Å². The number of guanidine groups is 1. The molecule has 0 aromatic heterocycles. The van der Waals surface area contributed by atoms with Crippen molar-refractivity contribution in [1.29, 1.82) is 0 Å². The number of rotatable bonds is 7. The van der Waals surface area contributed by atoms with Crippen LogP contribution in [0.4, 0.5) is 4.39 Å². The molecule has 5 heteroatoms. The van der Waals surface area contributed by atoms with Crippen molar-refractivity contribution >= 4 is 5.96 Å². The lowest BCUT2D eigenvalue weighted by atomic mass is 9.74. The van der Waals surface area contributed by atoms with Crippen molar-refractivity contribution in [1.82, 2.24) is 10.6 Å². The van der Waals surface area contributed by atoms with Gasteiger partial charge in [0.25, 0.3) is 0 Å². The summed E-state index contributed by atoms with van der Waals surface area (Å²) in [5.74, 6) is 0.596. The van der Waals surface area contributed by atoms with E-state index in [1.165, 1.54) is 11.6 Å². The molecule has 1 aliphatic rings. The summed E-state index contributed by atoms with van der Waals surface area (Å²) in [4.78, 5) is 4.40. The van der Waals surface area contributed by atoms with Crippen LogP contribution in [0.5, 0.6) is 0 Å². The predicted octanol–water partition coefficient (Wildman–Crippen LogP) is 4.06. The first-order chi connectivity index (χ1) is 14.1. The molecule has 2 N–H and O–H groups in total. The Bertz CT molecular complexity index is 788. The maximum absolute atomic E-state index is 13.9. The molecule has 1 aliphatic heterocycles. The van der Waals surface area contributed by atoms with Gasteiger partial charge in [0.15, 0.2) is 5.96 Å². The van der Waals surface area contributed by atoms with Gasteiger partial charge in [-0.25, -0.2) is 4.39 Å². The molecule has 29 heavy (non-hydrogen) atoms. The maximum atomic E-state index is 13.9. The van der Waals surface area contributed by atoms with Gasteiger partial charge in [-0.05, 0) is 55.9 Å². The van der Waals surface area contributed by atoms with E-state index in [0.717, 1.165) is 37.2 Å². The normalized spacial score (nSPS) is 17.6. The fourth-order valence-electron chi connectivity index (χ4n) is 3.93. The van der Waals surface area contributed by atoms with Gasteiger partial charge < -0.3 is 15.4 Å². The van der Waals surface area contributed by atoms with Gasteiger partial charge in [-0.15, -0.1) is 0 Å². The number of hydrogen-bond donors (Lipinski definition) is 2. The second-order valence-electron chi connectivity index (χ2n) is 7.90. The van der Waals surface area contributed by atoms with Gasteiger partial charge in [0.1, 0.15) is 5.82 Å². The fourth-order valence-corrected chi connectivity index (χ4v) is 3.93. The first-order valence-corrected chi connectivity index (χ1v) is 10.5. The molecular formula is C24H32FN3O. The van der Waals surface area contributed by atoms with Crippen molar-refractivity contribution in [3.8, 4) is 0 Å². The zero-order chi connectivity index (χ0) is 20.5. The molecule has 0 radical (unpaired) electrons. The van der Waals surface area contributed by atoms with Crippen molar-refractivity contribution in [3.63, 3.8) is 0 Å². The van der Waals surface area contributed by atoms with Gasteiger partial charge in [-0.2, -0.15) is 0 Å². The van der Waals surface area contributed by atoms with Gasteiger partial charge in [0, 0.05) is 38.3 Å². The number of hydrogen-bond acceptors (Lipinski definition) is 2. The molecule has 2 aromatic carbocycles. The second-order valence-corrected chi connectivity index (χ2v) is 7.90. The van der Waals surface area contributed by atoms with Crippen molar-refractivity contribution in [2.45, 2.75) is 44.1 Å². The van der Waals surface area contributed by atoms with Crippen LogP contribution in [-0.2, 0) is 16.6 Å². The molecule has 1 atom stereocenters. The van der Waals surface area contributed by atoms with Crippen LogP contribution in [0.3, 0.4) is 0 Å². The van der Waals surface area contributed by atoms with E-state index in [4.69, 9.17) is 4.74 Å². The lowest BCUT2D eigenvalue weighted by Gasteiger charge is -2.38. The van der Waals surface area contributed by atoms with Crippen molar-refractivity contribution in [3.05, 3.63) is 71.5 Å².